The highest BCUT2D eigenvalue weighted by molar-refractivity contribution is 6.31. The fourth-order valence-corrected chi connectivity index (χ4v) is 4.03. The maximum Gasteiger partial charge on any atom is 0.412 e. The summed E-state index contributed by atoms with van der Waals surface area (Å²) in [7, 11) is 0. The van der Waals surface area contributed by atoms with E-state index in [1.807, 2.05) is 0 Å². The van der Waals surface area contributed by atoms with Crippen molar-refractivity contribution >= 4 is 46.2 Å². The summed E-state index contributed by atoms with van der Waals surface area (Å²) in [5, 5.41) is 24.0. The van der Waals surface area contributed by atoms with Crippen LogP contribution in [0.4, 0.5) is 19.4 Å². The van der Waals surface area contributed by atoms with E-state index in [1.54, 1.807) is 0 Å². The fourth-order valence-electron chi connectivity index (χ4n) is 3.84. The summed E-state index contributed by atoms with van der Waals surface area (Å²) in [6.07, 6.45) is -1.14. The predicted molar refractivity (Wildman–Crippen MR) is 148 cm³/mol. The van der Waals surface area contributed by atoms with Gasteiger partial charge in [-0.15, -0.1) is 0 Å². The zero-order valence-electron chi connectivity index (χ0n) is 22.4. The van der Waals surface area contributed by atoms with Crippen molar-refractivity contribution < 1.29 is 42.9 Å². The number of hydrogen-bond donors (Lipinski definition) is 5. The highest BCUT2D eigenvalue weighted by Crippen LogP contribution is 2.21. The van der Waals surface area contributed by atoms with Crippen LogP contribution in [0.3, 0.4) is 0 Å². The molecule has 2 amide bonds. The van der Waals surface area contributed by atoms with Gasteiger partial charge < -0.3 is 25.4 Å². The van der Waals surface area contributed by atoms with Crippen LogP contribution in [0.15, 0.2) is 48.7 Å². The minimum Gasteiger partial charge on any atom is -0.462 e. The number of esters is 1. The van der Waals surface area contributed by atoms with E-state index in [1.165, 1.54) is 55.6 Å². The number of carbonyl (C=O) groups is 3. The molecule has 15 heteroatoms. The van der Waals surface area contributed by atoms with Crippen molar-refractivity contribution in [2.45, 2.75) is 38.1 Å². The Balaban J connectivity index is 1.72. The molecule has 0 bridgehead atoms. The molecule has 0 spiro atoms. The number of pyridine rings is 1. The van der Waals surface area contributed by atoms with Gasteiger partial charge in [-0.25, -0.2) is 24.0 Å². The van der Waals surface area contributed by atoms with Gasteiger partial charge in [0.05, 0.1) is 23.8 Å². The molecular weight excluding hydrogens is 580 g/mol. The number of hydrogen-bond acceptors (Lipinski definition) is 10. The largest absolute Gasteiger partial charge is 0.462 e. The summed E-state index contributed by atoms with van der Waals surface area (Å²) in [5.41, 5.74) is 8.52. The van der Waals surface area contributed by atoms with Crippen LogP contribution in [0.5, 0.6) is 0 Å². The summed E-state index contributed by atoms with van der Waals surface area (Å²) in [5.74, 6) is -2.56. The lowest BCUT2D eigenvalue weighted by atomic mass is 10.1. The molecule has 0 saturated carbocycles. The smallest absolute Gasteiger partial charge is 0.412 e. The summed E-state index contributed by atoms with van der Waals surface area (Å²) in [6, 6.07) is 7.34. The molecule has 1 aromatic heterocycles. The number of carbonyl (C=O) groups excluding carboxylic acids is 3. The molecule has 0 saturated heterocycles. The number of fused-ring (bicyclic) bond motifs is 1. The van der Waals surface area contributed by atoms with Crippen LogP contribution >= 0.6 is 11.6 Å². The molecule has 12 nitrogen and oxygen atoms in total. The zero-order valence-corrected chi connectivity index (χ0v) is 23.2. The summed E-state index contributed by atoms with van der Waals surface area (Å²) >= 11 is 6.01. The first-order valence-electron chi connectivity index (χ1n) is 12.6. The van der Waals surface area contributed by atoms with Crippen molar-refractivity contribution in [2.75, 3.05) is 25.1 Å². The van der Waals surface area contributed by atoms with Crippen molar-refractivity contribution in [1.29, 1.82) is 0 Å². The van der Waals surface area contributed by atoms with Gasteiger partial charge in [-0.1, -0.05) is 23.7 Å². The lowest BCUT2D eigenvalue weighted by molar-refractivity contribution is -0.150. The number of benzene rings is 2. The number of aromatic nitrogens is 1. The van der Waals surface area contributed by atoms with Crippen molar-refractivity contribution in [2.24, 2.45) is 5.73 Å². The number of nitrogens with two attached hydrogens (primary N) is 1. The Morgan fingerprint density at radius 2 is 1.88 bits per heavy atom. The third-order valence-corrected chi connectivity index (χ3v) is 6.38. The molecule has 2 aromatic carbocycles. The average Bonchev–Trinajstić information content (AvgIpc) is 2.95. The Morgan fingerprint density at radius 1 is 1.12 bits per heavy atom. The second kappa shape index (κ2) is 15.3. The quantitative estimate of drug-likeness (QED) is 0.143. The highest BCUT2D eigenvalue weighted by atomic mass is 35.5. The molecule has 3 rings (SSSR count). The van der Waals surface area contributed by atoms with Crippen molar-refractivity contribution in [1.82, 2.24) is 15.4 Å². The monoisotopic (exact) mass is 609 g/mol. The Morgan fingerprint density at radius 3 is 2.60 bits per heavy atom. The van der Waals surface area contributed by atoms with E-state index < -0.39 is 67.6 Å². The van der Waals surface area contributed by atoms with Gasteiger partial charge in [-0.3, -0.25) is 19.9 Å². The van der Waals surface area contributed by atoms with Gasteiger partial charge in [-0.2, -0.15) is 0 Å². The topological polar surface area (TPSA) is 176 Å². The second-order valence-corrected chi connectivity index (χ2v) is 9.56. The van der Waals surface area contributed by atoms with Crippen LogP contribution in [0.2, 0.25) is 5.02 Å². The number of nitrogens with one attached hydrogen (secondary N) is 2. The van der Waals surface area contributed by atoms with Crippen LogP contribution in [0, 0.1) is 11.6 Å². The van der Waals surface area contributed by atoms with Crippen molar-refractivity contribution in [3.63, 3.8) is 0 Å². The molecule has 42 heavy (non-hydrogen) atoms. The normalized spacial score (nSPS) is 13.2. The molecule has 1 heterocycles. The number of rotatable bonds is 13. The number of aliphatic hydroxyl groups is 2. The van der Waals surface area contributed by atoms with E-state index in [2.05, 4.69) is 15.7 Å². The molecule has 0 aliphatic rings. The Bertz CT molecular complexity index is 1420. The molecule has 3 atom stereocenters. The third-order valence-electron chi connectivity index (χ3n) is 5.96. The number of ether oxygens (including phenoxy) is 2. The molecular formula is C27H30ClF2N5O7. The maximum atomic E-state index is 13.9. The lowest BCUT2D eigenvalue weighted by Gasteiger charge is -2.32. The average molecular weight is 610 g/mol. The van der Waals surface area contributed by atoms with Crippen molar-refractivity contribution in [3.05, 3.63) is 70.9 Å². The summed E-state index contributed by atoms with van der Waals surface area (Å²) in [4.78, 5) is 41.0. The van der Waals surface area contributed by atoms with E-state index in [9.17, 15) is 28.3 Å². The molecule has 0 fully saturated rings. The summed E-state index contributed by atoms with van der Waals surface area (Å²) < 4.78 is 37.7. The van der Waals surface area contributed by atoms with Crippen molar-refractivity contribution in [3.8, 4) is 0 Å². The van der Waals surface area contributed by atoms with Crippen LogP contribution in [-0.4, -0.2) is 76.2 Å². The standard InChI is InChI=1S/C27H30ClF2N5O7/c1-15(37)35(33-11-17-3-2-4-22(30)25(17)28)20(9-21(38)14-41-26(39)23(31)12-36)13-42-27(40)34-24-8-18-7-19(29)6-5-16(18)10-32-24/h2-8,10,20-21,23,33,36,38H,9,11-14,31H2,1H3,(H,32,34,40)/t20-,21?,23+/m0/s1. The van der Waals surface area contributed by atoms with E-state index in [0.717, 1.165) is 5.01 Å². The van der Waals surface area contributed by atoms with E-state index in [-0.39, 0.29) is 23.8 Å². The number of hydrazine groups is 1. The van der Waals surface area contributed by atoms with Crippen LogP contribution < -0.4 is 16.5 Å². The Labute approximate surface area is 244 Å². The lowest BCUT2D eigenvalue weighted by Crippen LogP contribution is -2.52. The number of amides is 2. The molecule has 0 radical (unpaired) electrons. The minimum atomic E-state index is -1.35. The van der Waals surface area contributed by atoms with Crippen LogP contribution in [0.1, 0.15) is 18.9 Å². The molecule has 3 aromatic rings. The summed E-state index contributed by atoms with van der Waals surface area (Å²) in [6.45, 7) is -0.552. The first kappa shape index (κ1) is 32.6. The van der Waals surface area contributed by atoms with Gasteiger partial charge in [-0.05, 0) is 41.3 Å². The minimum absolute atomic E-state index is 0.0733. The van der Waals surface area contributed by atoms with Crippen LogP contribution in [-0.2, 0) is 25.6 Å². The SMILES string of the molecule is CC(=O)N(NCc1cccc(F)c1Cl)[C@H](COC(=O)Nc1cc2cc(F)ccc2cn1)CC(O)COC(=O)[C@H](N)CO. The van der Waals surface area contributed by atoms with Gasteiger partial charge in [0, 0.05) is 31.5 Å². The molecule has 226 valence electrons. The Hall–Kier alpha value is -3.95. The third kappa shape index (κ3) is 9.29. The Kier molecular flexibility index (Phi) is 11.9. The van der Waals surface area contributed by atoms with E-state index in [0.29, 0.717) is 16.3 Å². The predicted octanol–water partition coefficient (Wildman–Crippen LogP) is 2.25. The molecule has 0 aliphatic carbocycles. The fraction of sp³-hybridized carbons (Fsp3) is 0.333. The van der Waals surface area contributed by atoms with Gasteiger partial charge in [0.25, 0.3) is 0 Å². The molecule has 0 aliphatic heterocycles. The first-order chi connectivity index (χ1) is 20.0. The van der Waals surface area contributed by atoms with E-state index >= 15 is 0 Å². The van der Waals surface area contributed by atoms with Gasteiger partial charge in [0.15, 0.2) is 0 Å². The number of aliphatic hydroxyl groups excluding tert-OH is 2. The maximum absolute atomic E-state index is 13.9. The first-order valence-corrected chi connectivity index (χ1v) is 13.0. The van der Waals surface area contributed by atoms with E-state index in [4.69, 9.17) is 31.9 Å². The zero-order chi connectivity index (χ0) is 30.8. The highest BCUT2D eigenvalue weighted by Gasteiger charge is 2.27. The number of halogens is 3. The van der Waals surface area contributed by atoms with Gasteiger partial charge in [0.2, 0.25) is 5.91 Å². The molecule has 1 unspecified atom stereocenters. The van der Waals surface area contributed by atoms with Gasteiger partial charge in [0.1, 0.15) is 36.7 Å². The second-order valence-electron chi connectivity index (χ2n) is 9.18. The van der Waals surface area contributed by atoms with Gasteiger partial charge >= 0.3 is 12.1 Å². The number of anilines is 1. The number of nitrogens with zero attached hydrogens (tertiary/aromatic N) is 2. The molecule has 6 N–H and O–H groups in total. The van der Waals surface area contributed by atoms with Crippen LogP contribution in [0.25, 0.3) is 10.8 Å².